The fourth-order valence-electron chi connectivity index (χ4n) is 3.10. The summed E-state index contributed by atoms with van der Waals surface area (Å²) < 4.78 is 17.3. The Kier molecular flexibility index (Phi) is 6.16. The highest BCUT2D eigenvalue weighted by atomic mass is 79.9. The second-order valence-corrected chi connectivity index (χ2v) is 7.52. The summed E-state index contributed by atoms with van der Waals surface area (Å²) in [5.41, 5.74) is 2.06. The zero-order valence-corrected chi connectivity index (χ0v) is 18.0. The van der Waals surface area contributed by atoms with Crippen molar-refractivity contribution in [2.45, 2.75) is 26.8 Å². The standard InChI is InChI=1S/C19H21BrN2O4S/c1-5-25-14-10-12(9-13(20)17(14)24-4)16-15(18(23)26-6-2)11(3)21-19-22(16)7-8-27-19/h7-10,16H,5-6H2,1-4H3. The number of hydrogen-bond acceptors (Lipinski definition) is 7. The summed E-state index contributed by atoms with van der Waals surface area (Å²) in [6, 6.07) is 3.49. The maximum absolute atomic E-state index is 12.7. The third-order valence-electron chi connectivity index (χ3n) is 4.17. The average molecular weight is 453 g/mol. The van der Waals surface area contributed by atoms with Crippen LogP contribution in [-0.2, 0) is 9.53 Å². The van der Waals surface area contributed by atoms with Gasteiger partial charge in [-0.3, -0.25) is 0 Å². The Morgan fingerprint density at radius 1 is 1.33 bits per heavy atom. The lowest BCUT2D eigenvalue weighted by molar-refractivity contribution is -0.139. The van der Waals surface area contributed by atoms with Crippen LogP contribution >= 0.6 is 27.7 Å². The van der Waals surface area contributed by atoms with E-state index >= 15 is 0 Å². The number of halogens is 1. The summed E-state index contributed by atoms with van der Waals surface area (Å²) >= 11 is 5.08. The van der Waals surface area contributed by atoms with Crippen molar-refractivity contribution in [1.82, 2.24) is 4.90 Å². The molecule has 1 aromatic carbocycles. The van der Waals surface area contributed by atoms with Crippen molar-refractivity contribution < 1.29 is 19.0 Å². The van der Waals surface area contributed by atoms with Crippen LogP contribution in [0.25, 0.3) is 0 Å². The number of allylic oxidation sites excluding steroid dienone is 1. The van der Waals surface area contributed by atoms with E-state index in [1.807, 2.05) is 42.5 Å². The van der Waals surface area contributed by atoms with Gasteiger partial charge in [0.05, 0.1) is 42.1 Å². The van der Waals surface area contributed by atoms with Gasteiger partial charge in [-0.25, -0.2) is 9.79 Å². The number of benzene rings is 1. The van der Waals surface area contributed by atoms with Crippen molar-refractivity contribution in [3.8, 4) is 11.5 Å². The minimum Gasteiger partial charge on any atom is -0.492 e. The van der Waals surface area contributed by atoms with Gasteiger partial charge in [0.2, 0.25) is 0 Å². The van der Waals surface area contributed by atoms with Crippen LogP contribution in [0.5, 0.6) is 11.5 Å². The number of methoxy groups -OCH3 is 1. The van der Waals surface area contributed by atoms with Gasteiger partial charge in [-0.15, -0.1) is 0 Å². The van der Waals surface area contributed by atoms with Crippen LogP contribution in [0.2, 0.25) is 0 Å². The highest BCUT2D eigenvalue weighted by molar-refractivity contribution is 9.10. The van der Waals surface area contributed by atoms with E-state index in [2.05, 4.69) is 20.9 Å². The van der Waals surface area contributed by atoms with E-state index in [0.29, 0.717) is 36.0 Å². The Balaban J connectivity index is 2.15. The number of carbonyl (C=O) groups excluding carboxylic acids is 1. The molecule has 0 spiro atoms. The molecule has 8 heteroatoms. The van der Waals surface area contributed by atoms with Gasteiger partial charge < -0.3 is 19.1 Å². The quantitative estimate of drug-likeness (QED) is 0.586. The number of ether oxygens (including phenoxy) is 3. The van der Waals surface area contributed by atoms with Gasteiger partial charge in [0, 0.05) is 6.20 Å². The first-order chi connectivity index (χ1) is 13.0. The number of hydrogen-bond donors (Lipinski definition) is 0. The Labute approximate surface area is 171 Å². The first-order valence-electron chi connectivity index (χ1n) is 8.60. The molecule has 1 unspecified atom stereocenters. The van der Waals surface area contributed by atoms with E-state index in [-0.39, 0.29) is 12.0 Å². The Hall–Kier alpha value is -1.93. The molecule has 0 radical (unpaired) electrons. The summed E-state index contributed by atoms with van der Waals surface area (Å²) in [6.07, 6.45) is 1.93. The molecule has 1 atom stereocenters. The third-order valence-corrected chi connectivity index (χ3v) is 5.53. The molecule has 1 aromatic rings. The molecule has 0 saturated carbocycles. The summed E-state index contributed by atoms with van der Waals surface area (Å²) in [6.45, 7) is 6.36. The summed E-state index contributed by atoms with van der Waals surface area (Å²) in [5.74, 6) is 0.873. The number of amidine groups is 1. The molecule has 0 amide bonds. The molecule has 6 nitrogen and oxygen atoms in total. The summed E-state index contributed by atoms with van der Waals surface area (Å²) in [4.78, 5) is 19.3. The van der Waals surface area contributed by atoms with Crippen LogP contribution in [-0.4, -0.2) is 36.4 Å². The first-order valence-corrected chi connectivity index (χ1v) is 10.3. The fraction of sp³-hybridized carbons (Fsp3) is 0.368. The van der Waals surface area contributed by atoms with Crippen LogP contribution in [0, 0.1) is 0 Å². The monoisotopic (exact) mass is 452 g/mol. The second kappa shape index (κ2) is 8.39. The first kappa shape index (κ1) is 19.8. The zero-order valence-electron chi connectivity index (χ0n) is 15.6. The van der Waals surface area contributed by atoms with Gasteiger partial charge in [0.1, 0.15) is 0 Å². The molecule has 2 aliphatic rings. The summed E-state index contributed by atoms with van der Waals surface area (Å²) in [5, 5.41) is 2.78. The largest absolute Gasteiger partial charge is 0.492 e. The SMILES string of the molecule is CCOC(=O)C1=C(C)N=C2SC=CN2C1c1cc(Br)c(OC)c(OCC)c1. The highest BCUT2D eigenvalue weighted by Gasteiger charge is 2.38. The van der Waals surface area contributed by atoms with Gasteiger partial charge in [-0.05, 0) is 59.8 Å². The van der Waals surface area contributed by atoms with E-state index in [1.165, 1.54) is 11.8 Å². The van der Waals surface area contributed by atoms with Gasteiger partial charge in [0.25, 0.3) is 0 Å². The topological polar surface area (TPSA) is 60.4 Å². The number of nitrogens with zero attached hydrogens (tertiary/aromatic N) is 2. The molecule has 0 bridgehead atoms. The van der Waals surface area contributed by atoms with Crippen molar-refractivity contribution in [3.63, 3.8) is 0 Å². The molecule has 3 rings (SSSR count). The van der Waals surface area contributed by atoms with Crippen LogP contribution in [0.4, 0.5) is 0 Å². The smallest absolute Gasteiger partial charge is 0.338 e. The lowest BCUT2D eigenvalue weighted by Gasteiger charge is -2.33. The normalized spacial score (nSPS) is 18.3. The van der Waals surface area contributed by atoms with Crippen molar-refractivity contribution in [3.05, 3.63) is 45.0 Å². The zero-order chi connectivity index (χ0) is 19.6. The van der Waals surface area contributed by atoms with Crippen molar-refractivity contribution in [2.75, 3.05) is 20.3 Å². The number of esters is 1. The van der Waals surface area contributed by atoms with Crippen molar-refractivity contribution in [2.24, 2.45) is 4.99 Å². The molecule has 0 aliphatic carbocycles. The number of rotatable bonds is 6. The van der Waals surface area contributed by atoms with Gasteiger partial charge in [0.15, 0.2) is 16.7 Å². The fourth-order valence-corrected chi connectivity index (χ4v) is 4.52. The van der Waals surface area contributed by atoms with Gasteiger partial charge in [-0.1, -0.05) is 11.8 Å². The lowest BCUT2D eigenvalue weighted by atomic mass is 9.94. The minimum absolute atomic E-state index is 0.306. The predicted molar refractivity (Wildman–Crippen MR) is 110 cm³/mol. The molecular weight excluding hydrogens is 432 g/mol. The molecule has 0 saturated heterocycles. The highest BCUT2D eigenvalue weighted by Crippen LogP contribution is 2.45. The molecule has 0 aromatic heterocycles. The van der Waals surface area contributed by atoms with Crippen LogP contribution in [0.1, 0.15) is 32.4 Å². The Morgan fingerprint density at radius 3 is 2.78 bits per heavy atom. The van der Waals surface area contributed by atoms with E-state index < -0.39 is 0 Å². The molecule has 144 valence electrons. The van der Waals surface area contributed by atoms with E-state index in [0.717, 1.165) is 15.2 Å². The van der Waals surface area contributed by atoms with Crippen LogP contribution in [0.3, 0.4) is 0 Å². The number of carbonyl (C=O) groups is 1. The van der Waals surface area contributed by atoms with Crippen LogP contribution < -0.4 is 9.47 Å². The average Bonchev–Trinajstić information content (AvgIpc) is 3.08. The van der Waals surface area contributed by atoms with E-state index in [1.54, 1.807) is 14.0 Å². The number of thioether (sulfide) groups is 1. The molecule has 2 heterocycles. The number of fused-ring (bicyclic) bond motifs is 1. The predicted octanol–water partition coefficient (Wildman–Crippen LogP) is 4.62. The minimum atomic E-state index is -0.363. The lowest BCUT2D eigenvalue weighted by Crippen LogP contribution is -2.34. The van der Waals surface area contributed by atoms with Gasteiger partial charge in [-0.2, -0.15) is 0 Å². The molecule has 2 aliphatic heterocycles. The number of aliphatic imine (C=N–C) groups is 1. The van der Waals surface area contributed by atoms with Crippen molar-refractivity contribution >= 4 is 38.8 Å². The maximum atomic E-state index is 12.7. The third kappa shape index (κ3) is 3.73. The summed E-state index contributed by atoms with van der Waals surface area (Å²) in [7, 11) is 1.60. The molecule has 0 fully saturated rings. The molecule has 0 N–H and O–H groups in total. The van der Waals surface area contributed by atoms with Crippen LogP contribution in [0.15, 0.2) is 44.5 Å². The molecular formula is C19H21BrN2O4S. The Bertz CT molecular complexity index is 850. The van der Waals surface area contributed by atoms with E-state index in [9.17, 15) is 4.79 Å². The second-order valence-electron chi connectivity index (χ2n) is 5.79. The van der Waals surface area contributed by atoms with E-state index in [4.69, 9.17) is 14.2 Å². The maximum Gasteiger partial charge on any atom is 0.338 e. The van der Waals surface area contributed by atoms with Gasteiger partial charge >= 0.3 is 5.97 Å². The molecule has 27 heavy (non-hydrogen) atoms. The van der Waals surface area contributed by atoms with Crippen molar-refractivity contribution in [1.29, 1.82) is 0 Å². The Morgan fingerprint density at radius 2 is 2.11 bits per heavy atom.